The van der Waals surface area contributed by atoms with E-state index in [2.05, 4.69) is 205 Å². The Morgan fingerprint density at radius 1 is 0.245 bits per heavy atom. The molecule has 0 aliphatic carbocycles. The van der Waals surface area contributed by atoms with Crippen molar-refractivity contribution in [2.75, 3.05) is 4.90 Å². The number of fused-ring (bicyclic) bond motifs is 4. The van der Waals surface area contributed by atoms with Crippen LogP contribution >= 0.6 is 0 Å². The van der Waals surface area contributed by atoms with Gasteiger partial charge in [-0.25, -0.2) is 0 Å². The third-order valence-electron chi connectivity index (χ3n) is 9.63. The van der Waals surface area contributed by atoms with Crippen LogP contribution in [0.3, 0.4) is 0 Å². The molecule has 0 fully saturated rings. The van der Waals surface area contributed by atoms with Gasteiger partial charge in [-0.3, -0.25) is 0 Å². The van der Waals surface area contributed by atoms with Gasteiger partial charge in [0.2, 0.25) is 0 Å². The molecule has 9 aromatic carbocycles. The van der Waals surface area contributed by atoms with E-state index >= 15 is 0 Å². The first-order valence-electron chi connectivity index (χ1n) is 16.8. The maximum absolute atomic E-state index is 2.36. The van der Waals surface area contributed by atoms with Crippen LogP contribution in [0.15, 0.2) is 200 Å². The minimum Gasteiger partial charge on any atom is -0.310 e. The normalized spacial score (nSPS) is 11.3. The van der Waals surface area contributed by atoms with Crippen LogP contribution in [-0.4, -0.2) is 0 Å². The van der Waals surface area contributed by atoms with Crippen molar-refractivity contribution in [2.24, 2.45) is 0 Å². The molecule has 230 valence electrons. The maximum atomic E-state index is 2.36. The Morgan fingerprint density at radius 2 is 0.816 bits per heavy atom. The molecule has 0 unspecified atom stereocenters. The first-order valence-corrected chi connectivity index (χ1v) is 16.8. The Morgan fingerprint density at radius 3 is 1.59 bits per heavy atom. The van der Waals surface area contributed by atoms with Gasteiger partial charge >= 0.3 is 0 Å². The standard InChI is InChI=1S/C48H33N/c1-3-14-36(15-4-1)47-33-42(29-30-46(47)48-32-39-17-9-10-20-43(39)44-21-11-12-22-45(44)48)49(40-18-5-2-6-19-40)41-27-25-35(26-28-41)38-24-23-34-13-7-8-16-37(34)31-38/h1-33H. The van der Waals surface area contributed by atoms with Gasteiger partial charge in [-0.1, -0.05) is 152 Å². The highest BCUT2D eigenvalue weighted by atomic mass is 15.1. The SMILES string of the molecule is c1ccc(-c2cc(N(c3ccccc3)c3ccc(-c4ccc5ccccc5c4)cc3)ccc2-c2cc3ccccc3c3ccccc23)cc1. The van der Waals surface area contributed by atoms with E-state index in [0.717, 1.165) is 17.1 Å². The van der Waals surface area contributed by atoms with Crippen LogP contribution in [0.5, 0.6) is 0 Å². The molecule has 0 atom stereocenters. The van der Waals surface area contributed by atoms with E-state index in [9.17, 15) is 0 Å². The van der Waals surface area contributed by atoms with Crippen molar-refractivity contribution in [1.29, 1.82) is 0 Å². The molecule has 0 heterocycles. The van der Waals surface area contributed by atoms with Gasteiger partial charge in [0.1, 0.15) is 0 Å². The lowest BCUT2D eigenvalue weighted by atomic mass is 9.88. The maximum Gasteiger partial charge on any atom is 0.0468 e. The lowest BCUT2D eigenvalue weighted by Crippen LogP contribution is -2.10. The quantitative estimate of drug-likeness (QED) is 0.167. The van der Waals surface area contributed by atoms with Crippen molar-refractivity contribution < 1.29 is 0 Å². The van der Waals surface area contributed by atoms with Gasteiger partial charge in [0.05, 0.1) is 0 Å². The second kappa shape index (κ2) is 12.3. The predicted octanol–water partition coefficient (Wildman–Crippen LogP) is 13.6. The second-order valence-electron chi connectivity index (χ2n) is 12.6. The van der Waals surface area contributed by atoms with E-state index in [4.69, 9.17) is 0 Å². The van der Waals surface area contributed by atoms with Crippen LogP contribution in [0, 0.1) is 0 Å². The van der Waals surface area contributed by atoms with Gasteiger partial charge in [-0.15, -0.1) is 0 Å². The minimum atomic E-state index is 1.11. The van der Waals surface area contributed by atoms with Crippen molar-refractivity contribution in [1.82, 2.24) is 0 Å². The van der Waals surface area contributed by atoms with Crippen molar-refractivity contribution in [3.63, 3.8) is 0 Å². The fourth-order valence-corrected chi connectivity index (χ4v) is 7.24. The number of para-hydroxylation sites is 1. The number of hydrogen-bond acceptors (Lipinski definition) is 1. The van der Waals surface area contributed by atoms with Gasteiger partial charge in [-0.2, -0.15) is 0 Å². The molecular formula is C48H33N. The summed E-state index contributed by atoms with van der Waals surface area (Å²) in [6.45, 7) is 0. The fourth-order valence-electron chi connectivity index (χ4n) is 7.24. The van der Waals surface area contributed by atoms with Gasteiger partial charge < -0.3 is 4.90 Å². The molecule has 0 saturated carbocycles. The molecule has 0 aromatic heterocycles. The van der Waals surface area contributed by atoms with Crippen LogP contribution in [-0.2, 0) is 0 Å². The predicted molar refractivity (Wildman–Crippen MR) is 210 cm³/mol. The monoisotopic (exact) mass is 623 g/mol. The molecule has 0 aliphatic rings. The lowest BCUT2D eigenvalue weighted by Gasteiger charge is -2.27. The van der Waals surface area contributed by atoms with Crippen molar-refractivity contribution in [3.8, 4) is 33.4 Å². The van der Waals surface area contributed by atoms with Gasteiger partial charge in [0.15, 0.2) is 0 Å². The fraction of sp³-hybridized carbons (Fsp3) is 0. The van der Waals surface area contributed by atoms with Crippen molar-refractivity contribution in [3.05, 3.63) is 200 Å². The molecule has 0 amide bonds. The van der Waals surface area contributed by atoms with Gasteiger partial charge in [-0.05, 0) is 114 Å². The van der Waals surface area contributed by atoms with Crippen LogP contribution < -0.4 is 4.90 Å². The van der Waals surface area contributed by atoms with Crippen LogP contribution in [0.4, 0.5) is 17.1 Å². The van der Waals surface area contributed by atoms with E-state index in [1.165, 1.54) is 65.7 Å². The summed E-state index contributed by atoms with van der Waals surface area (Å²) in [5.74, 6) is 0. The lowest BCUT2D eigenvalue weighted by molar-refractivity contribution is 1.28. The number of anilines is 3. The summed E-state index contributed by atoms with van der Waals surface area (Å²) in [5, 5.41) is 7.57. The zero-order valence-corrected chi connectivity index (χ0v) is 27.0. The smallest absolute Gasteiger partial charge is 0.0468 e. The first kappa shape index (κ1) is 28.8. The molecule has 0 saturated heterocycles. The molecule has 0 aliphatic heterocycles. The average molecular weight is 624 g/mol. The second-order valence-corrected chi connectivity index (χ2v) is 12.6. The Hall–Kier alpha value is -6.44. The summed E-state index contributed by atoms with van der Waals surface area (Å²) in [6, 6.07) is 72.5. The third-order valence-corrected chi connectivity index (χ3v) is 9.63. The largest absolute Gasteiger partial charge is 0.310 e. The highest BCUT2D eigenvalue weighted by molar-refractivity contribution is 6.15. The Bertz CT molecular complexity index is 2590. The zero-order valence-electron chi connectivity index (χ0n) is 27.0. The van der Waals surface area contributed by atoms with E-state index in [1.807, 2.05) is 0 Å². The zero-order chi connectivity index (χ0) is 32.6. The Balaban J connectivity index is 1.21. The van der Waals surface area contributed by atoms with Crippen LogP contribution in [0.1, 0.15) is 0 Å². The molecule has 1 nitrogen and oxygen atoms in total. The molecule has 9 aromatic rings. The average Bonchev–Trinajstić information content (AvgIpc) is 3.18. The number of benzene rings is 9. The highest BCUT2D eigenvalue weighted by Gasteiger charge is 2.18. The molecular weight excluding hydrogens is 591 g/mol. The molecule has 0 spiro atoms. The van der Waals surface area contributed by atoms with Crippen molar-refractivity contribution in [2.45, 2.75) is 0 Å². The first-order chi connectivity index (χ1) is 24.3. The Labute approximate surface area is 287 Å². The molecule has 9 rings (SSSR count). The minimum absolute atomic E-state index is 1.11. The topological polar surface area (TPSA) is 3.24 Å². The third kappa shape index (κ3) is 5.32. The van der Waals surface area contributed by atoms with Crippen molar-refractivity contribution >= 4 is 49.4 Å². The molecule has 0 N–H and O–H groups in total. The molecule has 0 bridgehead atoms. The summed E-state index contributed by atoms with van der Waals surface area (Å²) < 4.78 is 0. The van der Waals surface area contributed by atoms with E-state index in [-0.39, 0.29) is 0 Å². The molecule has 49 heavy (non-hydrogen) atoms. The summed E-state index contributed by atoms with van der Waals surface area (Å²) in [7, 11) is 0. The van der Waals surface area contributed by atoms with Crippen LogP contribution in [0.25, 0.3) is 65.7 Å². The molecule has 0 radical (unpaired) electrons. The summed E-state index contributed by atoms with van der Waals surface area (Å²) in [4.78, 5) is 2.36. The van der Waals surface area contributed by atoms with Crippen LogP contribution in [0.2, 0.25) is 0 Å². The number of hydrogen-bond donors (Lipinski definition) is 0. The summed E-state index contributed by atoms with van der Waals surface area (Å²) in [6.07, 6.45) is 0. The number of nitrogens with zero attached hydrogens (tertiary/aromatic N) is 1. The van der Waals surface area contributed by atoms with E-state index < -0.39 is 0 Å². The summed E-state index contributed by atoms with van der Waals surface area (Å²) >= 11 is 0. The summed E-state index contributed by atoms with van der Waals surface area (Å²) in [5.41, 5.74) is 10.6. The highest BCUT2D eigenvalue weighted by Crippen LogP contribution is 2.44. The van der Waals surface area contributed by atoms with E-state index in [0.29, 0.717) is 0 Å². The van der Waals surface area contributed by atoms with Gasteiger partial charge in [0, 0.05) is 17.1 Å². The molecule has 1 heteroatoms. The number of rotatable bonds is 6. The van der Waals surface area contributed by atoms with E-state index in [1.54, 1.807) is 0 Å². The van der Waals surface area contributed by atoms with Gasteiger partial charge in [0.25, 0.3) is 0 Å². The Kier molecular flexibility index (Phi) is 7.22.